The summed E-state index contributed by atoms with van der Waals surface area (Å²) in [5.74, 6) is -1.79. The first-order valence-corrected chi connectivity index (χ1v) is 25.7. The van der Waals surface area contributed by atoms with Crippen molar-refractivity contribution in [1.82, 2.24) is 0 Å². The molecule has 0 aliphatic rings. The number of carboxylic acid groups (broad SMARTS) is 1. The molecule has 0 rings (SSSR count). The highest BCUT2D eigenvalue weighted by molar-refractivity contribution is 5.70. The molecule has 0 radical (unpaired) electrons. The van der Waals surface area contributed by atoms with E-state index in [2.05, 4.69) is 26.0 Å². The Balaban J connectivity index is 4.33. The molecule has 64 heavy (non-hydrogen) atoms. The van der Waals surface area contributed by atoms with Crippen molar-refractivity contribution in [3.8, 4) is 0 Å². The van der Waals surface area contributed by atoms with E-state index in [0.29, 0.717) is 12.8 Å². The molecule has 2 unspecified atom stereocenters. The lowest BCUT2D eigenvalue weighted by molar-refractivity contribution is -0.889. The minimum absolute atomic E-state index is 0.0188. The van der Waals surface area contributed by atoms with Gasteiger partial charge >= 0.3 is 11.9 Å². The summed E-state index contributed by atoms with van der Waals surface area (Å²) in [7, 11) is 5.39. The largest absolute Gasteiger partial charge is 0.544 e. The highest BCUT2D eigenvalue weighted by atomic mass is 16.6. The maximum Gasteiger partial charge on any atom is 0.306 e. The topological polar surface area (TPSA) is 102 Å². The quantitative estimate of drug-likeness (QED) is 0.0260. The van der Waals surface area contributed by atoms with Gasteiger partial charge in [-0.3, -0.25) is 9.59 Å². The molecule has 0 spiro atoms. The standard InChI is InChI=1S/C56H95NO7/c1-6-8-10-12-14-16-18-20-22-24-26-27-29-30-32-34-36-38-40-42-44-46-54(58)63-51-52(50-62-49-48-53(56(60)61)57(3,4)5)64-55(59)47-45-43-41-39-37-35-33-31-28-25-23-21-19-17-15-13-11-9-7-2/h9,11,13,15,17,19,21,23,25,28,31,33,35,37,52-53H,6-8,10,12,14,16,18,20,22,24,26-27,29-30,32,34,36,38-51H2,1-5H3/b11-9+,15-13+,19-17+,23-21+,28-25+,33-31+,37-35+. The van der Waals surface area contributed by atoms with E-state index in [0.717, 1.165) is 44.9 Å². The lowest BCUT2D eigenvalue weighted by Gasteiger charge is -2.34. The average molecular weight is 894 g/mol. The zero-order valence-corrected chi connectivity index (χ0v) is 41.7. The van der Waals surface area contributed by atoms with E-state index in [-0.39, 0.29) is 49.1 Å². The van der Waals surface area contributed by atoms with E-state index in [9.17, 15) is 19.5 Å². The van der Waals surface area contributed by atoms with Crippen LogP contribution in [0.2, 0.25) is 0 Å². The molecule has 0 aromatic carbocycles. The Bertz CT molecular complexity index is 1320. The number of carbonyl (C=O) groups excluding carboxylic acids is 3. The van der Waals surface area contributed by atoms with Gasteiger partial charge in [-0.15, -0.1) is 0 Å². The number of hydrogen-bond acceptors (Lipinski definition) is 7. The van der Waals surface area contributed by atoms with Gasteiger partial charge in [-0.05, 0) is 32.1 Å². The summed E-state index contributed by atoms with van der Waals surface area (Å²) in [6.07, 6.45) is 60.4. The molecule has 0 saturated carbocycles. The summed E-state index contributed by atoms with van der Waals surface area (Å²) in [4.78, 5) is 37.0. The number of quaternary nitrogens is 1. The Morgan fingerprint density at radius 1 is 0.484 bits per heavy atom. The fourth-order valence-corrected chi connectivity index (χ4v) is 7.29. The highest BCUT2D eigenvalue weighted by Gasteiger charge is 2.25. The molecule has 0 aliphatic carbocycles. The smallest absolute Gasteiger partial charge is 0.306 e. The third kappa shape index (κ3) is 43.7. The van der Waals surface area contributed by atoms with Crippen molar-refractivity contribution < 1.29 is 38.2 Å². The third-order valence-electron chi connectivity index (χ3n) is 11.2. The minimum Gasteiger partial charge on any atom is -0.544 e. The van der Waals surface area contributed by atoms with E-state index in [1.165, 1.54) is 116 Å². The number of aliphatic carboxylic acids is 1. The van der Waals surface area contributed by atoms with Gasteiger partial charge in [0.2, 0.25) is 0 Å². The number of unbranched alkanes of at least 4 members (excludes halogenated alkanes) is 23. The SMILES string of the molecule is CC/C=C/C=C/C=C/C=C/C=C/C=C/C=C/CCCCCC(=O)OC(COCCC(C(=O)[O-])[N+](C)(C)C)COC(=O)CCCCCCCCCCCCCCCCCCCCCCC. The molecule has 0 aliphatic heterocycles. The molecule has 366 valence electrons. The number of nitrogens with zero attached hydrogens (tertiary/aromatic N) is 1. The number of hydrogen-bond donors (Lipinski definition) is 0. The maximum atomic E-state index is 12.8. The molecule has 0 heterocycles. The predicted octanol–water partition coefficient (Wildman–Crippen LogP) is 13.5. The minimum atomic E-state index is -1.13. The van der Waals surface area contributed by atoms with Crippen LogP contribution in [-0.2, 0) is 28.6 Å². The Kier molecular flexibility index (Phi) is 43.5. The molecule has 0 N–H and O–H groups in total. The molecule has 0 aromatic rings. The van der Waals surface area contributed by atoms with Gasteiger partial charge in [0.1, 0.15) is 12.6 Å². The van der Waals surface area contributed by atoms with Crippen molar-refractivity contribution in [3.63, 3.8) is 0 Å². The van der Waals surface area contributed by atoms with Crippen molar-refractivity contribution in [1.29, 1.82) is 0 Å². The van der Waals surface area contributed by atoms with E-state index in [1.54, 1.807) is 21.1 Å². The average Bonchev–Trinajstić information content (AvgIpc) is 3.26. The predicted molar refractivity (Wildman–Crippen MR) is 268 cm³/mol. The molecule has 0 fully saturated rings. The molecule has 0 aromatic heterocycles. The van der Waals surface area contributed by atoms with Crippen molar-refractivity contribution in [2.24, 2.45) is 0 Å². The van der Waals surface area contributed by atoms with Gasteiger partial charge in [0, 0.05) is 19.3 Å². The molecular formula is C56H95NO7. The van der Waals surface area contributed by atoms with Crippen LogP contribution >= 0.6 is 0 Å². The van der Waals surface area contributed by atoms with Crippen molar-refractivity contribution in [2.45, 2.75) is 212 Å². The van der Waals surface area contributed by atoms with Gasteiger partial charge in [-0.1, -0.05) is 234 Å². The molecule has 8 heteroatoms. The lowest BCUT2D eigenvalue weighted by Crippen LogP contribution is -2.55. The van der Waals surface area contributed by atoms with Crippen LogP contribution in [0.1, 0.15) is 200 Å². The second-order valence-electron chi connectivity index (χ2n) is 18.2. The number of esters is 2. The van der Waals surface area contributed by atoms with Crippen LogP contribution in [0.3, 0.4) is 0 Å². The summed E-state index contributed by atoms with van der Waals surface area (Å²) in [5, 5.41) is 11.7. The normalized spacial score (nSPS) is 13.6. The number of ether oxygens (including phenoxy) is 3. The van der Waals surface area contributed by atoms with Crippen LogP contribution in [0.5, 0.6) is 0 Å². The number of likely N-dealkylation sites (N-methyl/N-ethyl adjacent to an activating group) is 1. The number of carboxylic acids is 1. The van der Waals surface area contributed by atoms with Crippen molar-refractivity contribution >= 4 is 17.9 Å². The van der Waals surface area contributed by atoms with Crippen LogP contribution in [-0.4, -0.2) is 75.5 Å². The van der Waals surface area contributed by atoms with Crippen LogP contribution in [0, 0.1) is 0 Å². The molecule has 0 amide bonds. The summed E-state index contributed by atoms with van der Waals surface area (Å²) in [5.41, 5.74) is 0. The van der Waals surface area contributed by atoms with Gasteiger partial charge < -0.3 is 28.6 Å². The first-order valence-electron chi connectivity index (χ1n) is 25.7. The van der Waals surface area contributed by atoms with Crippen molar-refractivity contribution in [3.05, 3.63) is 85.1 Å². The first kappa shape index (κ1) is 60.5. The van der Waals surface area contributed by atoms with Gasteiger partial charge in [-0.2, -0.15) is 0 Å². The van der Waals surface area contributed by atoms with Crippen LogP contribution in [0.15, 0.2) is 85.1 Å². The van der Waals surface area contributed by atoms with Gasteiger partial charge in [0.15, 0.2) is 6.10 Å². The Hall–Kier alpha value is -3.49. The van der Waals surface area contributed by atoms with Gasteiger partial charge in [-0.25, -0.2) is 0 Å². The van der Waals surface area contributed by atoms with Crippen LogP contribution < -0.4 is 5.11 Å². The molecular weight excluding hydrogens is 799 g/mol. The van der Waals surface area contributed by atoms with Gasteiger partial charge in [0.05, 0.1) is 40.3 Å². The summed E-state index contributed by atoms with van der Waals surface area (Å²) in [6.45, 7) is 4.48. The molecule has 2 atom stereocenters. The van der Waals surface area contributed by atoms with Gasteiger partial charge in [0.25, 0.3) is 0 Å². The van der Waals surface area contributed by atoms with E-state index >= 15 is 0 Å². The maximum absolute atomic E-state index is 12.8. The summed E-state index contributed by atoms with van der Waals surface area (Å²) >= 11 is 0. The van der Waals surface area contributed by atoms with Crippen LogP contribution in [0.25, 0.3) is 0 Å². The lowest BCUT2D eigenvalue weighted by atomic mass is 10.0. The molecule has 0 bridgehead atoms. The zero-order valence-electron chi connectivity index (χ0n) is 41.7. The first-order chi connectivity index (χ1) is 31.1. The monoisotopic (exact) mass is 894 g/mol. The zero-order chi connectivity index (χ0) is 47.0. The van der Waals surface area contributed by atoms with E-state index in [4.69, 9.17) is 14.2 Å². The second kappa shape index (κ2) is 46.1. The molecule has 0 saturated heterocycles. The van der Waals surface area contributed by atoms with E-state index in [1.807, 2.05) is 72.9 Å². The van der Waals surface area contributed by atoms with Crippen LogP contribution in [0.4, 0.5) is 0 Å². The summed E-state index contributed by atoms with van der Waals surface area (Å²) in [6, 6.07) is -0.739. The Morgan fingerprint density at radius 2 is 0.875 bits per heavy atom. The number of rotatable bonds is 45. The second-order valence-corrected chi connectivity index (χ2v) is 18.2. The van der Waals surface area contributed by atoms with E-state index < -0.39 is 18.1 Å². The number of allylic oxidation sites excluding steroid dienone is 14. The third-order valence-corrected chi connectivity index (χ3v) is 11.2. The fraction of sp³-hybridized carbons (Fsp3) is 0.696. The molecule has 8 nitrogen and oxygen atoms in total. The summed E-state index contributed by atoms with van der Waals surface area (Å²) < 4.78 is 17.2. The van der Waals surface area contributed by atoms with Crippen molar-refractivity contribution in [2.75, 3.05) is 41.0 Å². The number of carbonyl (C=O) groups is 3. The fourth-order valence-electron chi connectivity index (χ4n) is 7.29. The Morgan fingerprint density at radius 3 is 1.30 bits per heavy atom. The highest BCUT2D eigenvalue weighted by Crippen LogP contribution is 2.16. The Labute approximate surface area is 393 Å².